The van der Waals surface area contributed by atoms with Crippen LogP contribution in [-0.4, -0.2) is 24.7 Å². The number of nitrogens with one attached hydrogen (secondary N) is 1. The summed E-state index contributed by atoms with van der Waals surface area (Å²) in [6, 6.07) is 5.74. The maximum Gasteiger partial charge on any atom is 0.222 e. The fourth-order valence-corrected chi connectivity index (χ4v) is 2.45. The maximum absolute atomic E-state index is 13.0. The molecule has 3 N–H and O–H groups in total. The first-order valence-electron chi connectivity index (χ1n) is 6.98. The van der Waals surface area contributed by atoms with Gasteiger partial charge in [0.1, 0.15) is 5.82 Å². The fourth-order valence-electron chi connectivity index (χ4n) is 2.45. The van der Waals surface area contributed by atoms with Crippen LogP contribution < -0.4 is 11.1 Å². The third-order valence-electron chi connectivity index (χ3n) is 3.39. The summed E-state index contributed by atoms with van der Waals surface area (Å²) in [6.45, 7) is 2.49. The highest BCUT2D eigenvalue weighted by molar-refractivity contribution is 5.77. The Hall–Kier alpha value is -1.46. The Bertz CT molecular complexity index is 442. The molecule has 1 saturated heterocycles. The van der Waals surface area contributed by atoms with Gasteiger partial charge in [0.05, 0.1) is 12.1 Å². The van der Waals surface area contributed by atoms with E-state index in [9.17, 15) is 9.18 Å². The normalized spacial score (nSPS) is 21.4. The van der Waals surface area contributed by atoms with E-state index in [1.54, 1.807) is 19.1 Å². The van der Waals surface area contributed by atoms with Crippen molar-refractivity contribution in [1.82, 2.24) is 5.32 Å². The molecule has 0 bridgehead atoms. The van der Waals surface area contributed by atoms with Crippen LogP contribution in [0.15, 0.2) is 24.3 Å². The number of nitrogens with two attached hydrogens (primary N) is 1. The first-order chi connectivity index (χ1) is 9.56. The van der Waals surface area contributed by atoms with Gasteiger partial charge in [-0.2, -0.15) is 0 Å². The van der Waals surface area contributed by atoms with Crippen LogP contribution in [0.3, 0.4) is 0 Å². The van der Waals surface area contributed by atoms with Gasteiger partial charge in [-0.1, -0.05) is 12.1 Å². The molecule has 1 aromatic rings. The summed E-state index contributed by atoms with van der Waals surface area (Å²) >= 11 is 0. The Morgan fingerprint density at radius 1 is 1.50 bits per heavy atom. The van der Waals surface area contributed by atoms with Gasteiger partial charge < -0.3 is 15.8 Å². The van der Waals surface area contributed by atoms with Crippen molar-refractivity contribution in [2.24, 2.45) is 5.73 Å². The zero-order valence-corrected chi connectivity index (χ0v) is 11.6. The molecule has 110 valence electrons. The number of carbonyl (C=O) groups is 1. The average Bonchev–Trinajstić information content (AvgIpc) is 2.90. The summed E-state index contributed by atoms with van der Waals surface area (Å²) in [6.07, 6.45) is 2.08. The maximum atomic E-state index is 13.0. The Morgan fingerprint density at radius 2 is 2.20 bits per heavy atom. The number of carbonyl (C=O) groups excluding carboxylic acids is 1. The molecule has 0 saturated carbocycles. The topological polar surface area (TPSA) is 64.4 Å². The van der Waals surface area contributed by atoms with Crippen molar-refractivity contribution < 1.29 is 13.9 Å². The van der Waals surface area contributed by atoms with Gasteiger partial charge in [-0.05, 0) is 37.5 Å². The summed E-state index contributed by atoms with van der Waals surface area (Å²) in [5, 5.41) is 2.96. The molecule has 0 spiro atoms. The second-order valence-corrected chi connectivity index (χ2v) is 5.33. The molecular weight excluding hydrogens is 259 g/mol. The quantitative estimate of drug-likeness (QED) is 0.866. The second-order valence-electron chi connectivity index (χ2n) is 5.33. The predicted octanol–water partition coefficient (Wildman–Crippen LogP) is 1.90. The number of amides is 1. The van der Waals surface area contributed by atoms with Gasteiger partial charge in [-0.25, -0.2) is 4.39 Å². The van der Waals surface area contributed by atoms with Crippen LogP contribution in [0.4, 0.5) is 4.39 Å². The van der Waals surface area contributed by atoms with Crippen LogP contribution in [0.1, 0.15) is 37.8 Å². The van der Waals surface area contributed by atoms with E-state index in [1.807, 2.05) is 0 Å². The number of benzene rings is 1. The molecule has 5 heteroatoms. The Kier molecular flexibility index (Phi) is 5.09. The van der Waals surface area contributed by atoms with Crippen molar-refractivity contribution in [1.29, 1.82) is 0 Å². The number of hydrogen-bond acceptors (Lipinski definition) is 3. The van der Waals surface area contributed by atoms with E-state index in [2.05, 4.69) is 5.32 Å². The Morgan fingerprint density at radius 3 is 2.75 bits per heavy atom. The largest absolute Gasteiger partial charge is 0.376 e. The molecule has 1 amide bonds. The number of ether oxygens (including phenoxy) is 1. The molecule has 2 rings (SSSR count). The van der Waals surface area contributed by atoms with Crippen LogP contribution in [0, 0.1) is 5.82 Å². The molecule has 1 heterocycles. The monoisotopic (exact) mass is 280 g/mol. The molecule has 1 aliphatic heterocycles. The minimum Gasteiger partial charge on any atom is -0.376 e. The van der Waals surface area contributed by atoms with Gasteiger partial charge in [0, 0.05) is 19.1 Å². The number of rotatable bonds is 5. The van der Waals surface area contributed by atoms with Gasteiger partial charge in [-0.3, -0.25) is 4.79 Å². The van der Waals surface area contributed by atoms with Crippen molar-refractivity contribution in [3.8, 4) is 0 Å². The number of halogens is 1. The van der Waals surface area contributed by atoms with Gasteiger partial charge >= 0.3 is 0 Å². The molecule has 20 heavy (non-hydrogen) atoms. The van der Waals surface area contributed by atoms with Gasteiger partial charge in [-0.15, -0.1) is 0 Å². The highest BCUT2D eigenvalue weighted by Gasteiger charge is 2.28. The highest BCUT2D eigenvalue weighted by Crippen LogP contribution is 2.27. The van der Waals surface area contributed by atoms with E-state index in [0.717, 1.165) is 18.4 Å². The van der Waals surface area contributed by atoms with E-state index in [1.165, 1.54) is 12.1 Å². The second kappa shape index (κ2) is 6.81. The molecule has 1 aromatic carbocycles. The first kappa shape index (κ1) is 14.9. The molecule has 3 atom stereocenters. The van der Waals surface area contributed by atoms with Crippen LogP contribution in [-0.2, 0) is 9.53 Å². The highest BCUT2D eigenvalue weighted by atomic mass is 19.1. The van der Waals surface area contributed by atoms with Crippen LogP contribution in [0.25, 0.3) is 0 Å². The van der Waals surface area contributed by atoms with E-state index in [0.29, 0.717) is 6.61 Å². The van der Waals surface area contributed by atoms with Crippen molar-refractivity contribution >= 4 is 5.91 Å². The smallest absolute Gasteiger partial charge is 0.222 e. The zero-order valence-electron chi connectivity index (χ0n) is 11.6. The summed E-state index contributed by atoms with van der Waals surface area (Å²) in [5.74, 6) is -0.397. The van der Waals surface area contributed by atoms with Crippen molar-refractivity contribution in [3.05, 3.63) is 35.6 Å². The first-order valence-corrected chi connectivity index (χ1v) is 6.98. The van der Waals surface area contributed by atoms with Gasteiger partial charge in [0.2, 0.25) is 5.91 Å². The van der Waals surface area contributed by atoms with Crippen molar-refractivity contribution in [2.45, 2.75) is 44.4 Å². The Balaban J connectivity index is 2.11. The third-order valence-corrected chi connectivity index (χ3v) is 3.39. The molecule has 1 fully saturated rings. The zero-order chi connectivity index (χ0) is 14.5. The van der Waals surface area contributed by atoms with Crippen LogP contribution in [0.5, 0.6) is 0 Å². The summed E-state index contributed by atoms with van der Waals surface area (Å²) in [5.41, 5.74) is 6.50. The lowest BCUT2D eigenvalue weighted by Crippen LogP contribution is -2.38. The lowest BCUT2D eigenvalue weighted by atomic mass is 9.99. The third kappa shape index (κ3) is 4.02. The van der Waals surface area contributed by atoms with Gasteiger partial charge in [0.25, 0.3) is 0 Å². The summed E-state index contributed by atoms with van der Waals surface area (Å²) < 4.78 is 18.7. The lowest BCUT2D eigenvalue weighted by Gasteiger charge is -2.25. The van der Waals surface area contributed by atoms with E-state index in [-0.39, 0.29) is 36.3 Å². The molecule has 4 nitrogen and oxygen atoms in total. The minimum absolute atomic E-state index is 0.0579. The molecule has 0 aliphatic carbocycles. The summed E-state index contributed by atoms with van der Waals surface area (Å²) in [7, 11) is 0. The fraction of sp³-hybridized carbons (Fsp3) is 0.533. The molecular formula is C15H21FN2O2. The predicted molar refractivity (Wildman–Crippen MR) is 74.5 cm³/mol. The average molecular weight is 280 g/mol. The van der Waals surface area contributed by atoms with Gasteiger partial charge in [0.15, 0.2) is 0 Å². The SMILES string of the molecule is CC(N)CC(=O)NC(c1ccc(F)cc1)C1CCCO1. The molecule has 3 unspecified atom stereocenters. The van der Waals surface area contributed by atoms with E-state index < -0.39 is 0 Å². The summed E-state index contributed by atoms with van der Waals surface area (Å²) in [4.78, 5) is 11.9. The lowest BCUT2D eigenvalue weighted by molar-refractivity contribution is -0.123. The van der Waals surface area contributed by atoms with Crippen LogP contribution >= 0.6 is 0 Å². The Labute approximate surface area is 118 Å². The van der Waals surface area contributed by atoms with Crippen molar-refractivity contribution in [2.75, 3.05) is 6.61 Å². The molecule has 0 radical (unpaired) electrons. The van der Waals surface area contributed by atoms with E-state index >= 15 is 0 Å². The molecule has 1 aliphatic rings. The minimum atomic E-state index is -0.290. The van der Waals surface area contributed by atoms with Crippen LogP contribution in [0.2, 0.25) is 0 Å². The van der Waals surface area contributed by atoms with Crippen molar-refractivity contribution in [3.63, 3.8) is 0 Å². The van der Waals surface area contributed by atoms with E-state index in [4.69, 9.17) is 10.5 Å². The molecule has 0 aromatic heterocycles. The standard InChI is InChI=1S/C15H21FN2O2/c1-10(17)9-14(19)18-15(13-3-2-8-20-13)11-4-6-12(16)7-5-11/h4-7,10,13,15H,2-3,8-9,17H2,1H3,(H,18,19). The number of hydrogen-bond donors (Lipinski definition) is 2.